The van der Waals surface area contributed by atoms with E-state index in [-0.39, 0.29) is 16.5 Å². The van der Waals surface area contributed by atoms with Crippen LogP contribution in [0.25, 0.3) is 0 Å². The molecule has 0 bridgehead atoms. The summed E-state index contributed by atoms with van der Waals surface area (Å²) in [5, 5.41) is 8.73. The highest BCUT2D eigenvalue weighted by Crippen LogP contribution is 2.22. The Kier molecular flexibility index (Phi) is 4.34. The Bertz CT molecular complexity index is 893. The summed E-state index contributed by atoms with van der Waals surface area (Å²) in [4.78, 5) is 12.2. The predicted molar refractivity (Wildman–Crippen MR) is 85.9 cm³/mol. The summed E-state index contributed by atoms with van der Waals surface area (Å²) in [5.74, 6) is -0.287. The molecule has 0 heterocycles. The lowest BCUT2D eigenvalue weighted by atomic mass is 10.2. The molecule has 6 nitrogen and oxygen atoms in total. The molecule has 0 aliphatic heterocycles. The van der Waals surface area contributed by atoms with E-state index in [1.807, 2.05) is 6.07 Å². The van der Waals surface area contributed by atoms with E-state index < -0.39 is 16.0 Å². The number of benzene rings is 2. The minimum atomic E-state index is -3.54. The van der Waals surface area contributed by atoms with Crippen LogP contribution in [0.2, 0.25) is 0 Å². The smallest absolute Gasteiger partial charge is 0.343 e. The second-order valence-corrected chi connectivity index (χ2v) is 7.16. The first-order valence-electron chi connectivity index (χ1n) is 7.33. The molecule has 0 spiro atoms. The number of nitriles is 1. The monoisotopic (exact) mass is 342 g/mol. The Morgan fingerprint density at radius 2 is 1.71 bits per heavy atom. The first kappa shape index (κ1) is 16.2. The SMILES string of the molecule is N#Cc1ccc(OC(=O)c2ccc(S(=O)(=O)NC3CC3)cc2)cc1. The molecule has 3 rings (SSSR count). The number of hydrogen-bond donors (Lipinski definition) is 1. The molecule has 0 amide bonds. The van der Waals surface area contributed by atoms with E-state index in [2.05, 4.69) is 4.72 Å². The van der Waals surface area contributed by atoms with Gasteiger partial charge < -0.3 is 4.74 Å². The van der Waals surface area contributed by atoms with E-state index in [1.165, 1.54) is 36.4 Å². The zero-order valence-corrected chi connectivity index (χ0v) is 13.4. The van der Waals surface area contributed by atoms with Crippen molar-refractivity contribution in [3.05, 3.63) is 59.7 Å². The highest BCUT2D eigenvalue weighted by atomic mass is 32.2. The molecule has 1 N–H and O–H groups in total. The average molecular weight is 342 g/mol. The van der Waals surface area contributed by atoms with Gasteiger partial charge >= 0.3 is 5.97 Å². The second-order valence-electron chi connectivity index (χ2n) is 5.45. The third kappa shape index (κ3) is 3.79. The molecule has 122 valence electrons. The van der Waals surface area contributed by atoms with Gasteiger partial charge in [-0.3, -0.25) is 0 Å². The molecular formula is C17H14N2O4S. The van der Waals surface area contributed by atoms with Gasteiger partial charge in [-0.05, 0) is 61.4 Å². The Labute approximate surface area is 139 Å². The molecule has 2 aromatic rings. The Morgan fingerprint density at radius 1 is 1.08 bits per heavy atom. The fourth-order valence-electron chi connectivity index (χ4n) is 2.02. The van der Waals surface area contributed by atoms with Crippen LogP contribution in [0, 0.1) is 11.3 Å². The minimum absolute atomic E-state index is 0.0241. The van der Waals surface area contributed by atoms with Gasteiger partial charge in [0, 0.05) is 6.04 Å². The number of sulfonamides is 1. The van der Waals surface area contributed by atoms with Crippen LogP contribution in [0.1, 0.15) is 28.8 Å². The number of nitrogens with zero attached hydrogens (tertiary/aromatic N) is 1. The topological polar surface area (TPSA) is 96.3 Å². The number of esters is 1. The van der Waals surface area contributed by atoms with Gasteiger partial charge in [-0.2, -0.15) is 5.26 Å². The van der Waals surface area contributed by atoms with Gasteiger partial charge in [-0.1, -0.05) is 0 Å². The van der Waals surface area contributed by atoms with Crippen molar-refractivity contribution in [1.29, 1.82) is 5.26 Å². The molecule has 0 atom stereocenters. The summed E-state index contributed by atoms with van der Waals surface area (Å²) in [7, 11) is -3.54. The van der Waals surface area contributed by atoms with Crippen molar-refractivity contribution in [2.45, 2.75) is 23.8 Å². The summed E-state index contributed by atoms with van der Waals surface area (Å²) < 4.78 is 31.9. The molecule has 1 aliphatic rings. The number of carbonyl (C=O) groups excluding carboxylic acids is 1. The quantitative estimate of drug-likeness (QED) is 0.664. The van der Waals surface area contributed by atoms with Crippen molar-refractivity contribution in [3.63, 3.8) is 0 Å². The van der Waals surface area contributed by atoms with E-state index in [4.69, 9.17) is 10.00 Å². The number of carbonyl (C=O) groups is 1. The molecular weight excluding hydrogens is 328 g/mol. The van der Waals surface area contributed by atoms with E-state index in [1.54, 1.807) is 12.1 Å². The zero-order chi connectivity index (χ0) is 17.2. The van der Waals surface area contributed by atoms with E-state index in [0.717, 1.165) is 12.8 Å². The predicted octanol–water partition coefficient (Wildman–Crippen LogP) is 2.22. The maximum atomic E-state index is 12.1. The van der Waals surface area contributed by atoms with Crippen LogP contribution in [0.3, 0.4) is 0 Å². The molecule has 0 unspecified atom stereocenters. The van der Waals surface area contributed by atoms with Crippen LogP contribution < -0.4 is 9.46 Å². The lowest BCUT2D eigenvalue weighted by Crippen LogP contribution is -2.25. The van der Waals surface area contributed by atoms with Gasteiger partial charge in [0.1, 0.15) is 5.75 Å². The fourth-order valence-corrected chi connectivity index (χ4v) is 3.33. The maximum Gasteiger partial charge on any atom is 0.343 e. The summed E-state index contributed by atoms with van der Waals surface area (Å²) in [6, 6.07) is 13.7. The van der Waals surface area contributed by atoms with Gasteiger partial charge in [0.2, 0.25) is 10.0 Å². The highest BCUT2D eigenvalue weighted by molar-refractivity contribution is 7.89. The van der Waals surface area contributed by atoms with Crippen LogP contribution in [0.15, 0.2) is 53.4 Å². The van der Waals surface area contributed by atoms with Crippen molar-refractivity contribution in [1.82, 2.24) is 4.72 Å². The molecule has 1 saturated carbocycles. The maximum absolute atomic E-state index is 12.1. The average Bonchev–Trinajstić information content (AvgIpc) is 3.39. The molecule has 24 heavy (non-hydrogen) atoms. The van der Waals surface area contributed by atoms with Crippen LogP contribution >= 0.6 is 0 Å². The largest absolute Gasteiger partial charge is 0.423 e. The third-order valence-corrected chi connectivity index (χ3v) is 5.03. The van der Waals surface area contributed by atoms with Crippen molar-refractivity contribution >= 4 is 16.0 Å². The van der Waals surface area contributed by atoms with Crippen molar-refractivity contribution in [2.75, 3.05) is 0 Å². The fraction of sp³-hybridized carbons (Fsp3) is 0.176. The first-order valence-corrected chi connectivity index (χ1v) is 8.81. The zero-order valence-electron chi connectivity index (χ0n) is 12.6. The van der Waals surface area contributed by atoms with Gasteiger partial charge in [-0.25, -0.2) is 17.9 Å². The van der Waals surface area contributed by atoms with Gasteiger partial charge in [0.15, 0.2) is 0 Å². The highest BCUT2D eigenvalue weighted by Gasteiger charge is 2.28. The molecule has 1 aliphatic carbocycles. The minimum Gasteiger partial charge on any atom is -0.423 e. The van der Waals surface area contributed by atoms with Gasteiger partial charge in [0.25, 0.3) is 0 Å². The van der Waals surface area contributed by atoms with Crippen LogP contribution in [-0.4, -0.2) is 20.4 Å². The van der Waals surface area contributed by atoms with E-state index in [0.29, 0.717) is 11.3 Å². The molecule has 0 radical (unpaired) electrons. The van der Waals surface area contributed by atoms with Crippen LogP contribution in [-0.2, 0) is 10.0 Å². The molecule has 0 aromatic heterocycles. The normalized spacial score (nSPS) is 14.0. The van der Waals surface area contributed by atoms with Crippen molar-refractivity contribution in [2.24, 2.45) is 0 Å². The standard InChI is InChI=1S/C17H14N2O4S/c18-11-12-1-7-15(8-2-12)23-17(20)13-3-9-16(10-4-13)24(21,22)19-14-5-6-14/h1-4,7-10,14,19H,5-6H2. The van der Waals surface area contributed by atoms with E-state index in [9.17, 15) is 13.2 Å². The molecule has 0 saturated heterocycles. The van der Waals surface area contributed by atoms with E-state index >= 15 is 0 Å². The van der Waals surface area contributed by atoms with Crippen LogP contribution in [0.5, 0.6) is 5.75 Å². The molecule has 1 fully saturated rings. The van der Waals surface area contributed by atoms with Gasteiger partial charge in [0.05, 0.1) is 22.1 Å². The lowest BCUT2D eigenvalue weighted by Gasteiger charge is -2.07. The summed E-state index contributed by atoms with van der Waals surface area (Å²) in [6.07, 6.45) is 1.71. The van der Waals surface area contributed by atoms with Crippen molar-refractivity contribution in [3.8, 4) is 11.8 Å². The summed E-state index contributed by atoms with van der Waals surface area (Å²) >= 11 is 0. The van der Waals surface area contributed by atoms with Gasteiger partial charge in [-0.15, -0.1) is 0 Å². The van der Waals surface area contributed by atoms with Crippen molar-refractivity contribution < 1.29 is 17.9 Å². The first-order chi connectivity index (χ1) is 11.5. The number of ether oxygens (including phenoxy) is 1. The number of rotatable bonds is 5. The second kappa shape index (κ2) is 6.43. The molecule has 2 aromatic carbocycles. The number of hydrogen-bond acceptors (Lipinski definition) is 5. The summed E-state index contributed by atoms with van der Waals surface area (Å²) in [5.41, 5.74) is 0.706. The third-order valence-electron chi connectivity index (χ3n) is 3.49. The lowest BCUT2D eigenvalue weighted by molar-refractivity contribution is 0.0734. The Hall–Kier alpha value is -2.69. The summed E-state index contributed by atoms with van der Waals surface area (Å²) in [6.45, 7) is 0. The Morgan fingerprint density at radius 3 is 2.25 bits per heavy atom. The molecule has 7 heteroatoms. The Balaban J connectivity index is 1.70. The van der Waals surface area contributed by atoms with Crippen LogP contribution in [0.4, 0.5) is 0 Å². The number of nitrogens with one attached hydrogen (secondary N) is 1.